The van der Waals surface area contributed by atoms with Crippen LogP contribution in [0.3, 0.4) is 0 Å². The summed E-state index contributed by atoms with van der Waals surface area (Å²) < 4.78 is 0. The third-order valence-electron chi connectivity index (χ3n) is 0.702. The van der Waals surface area contributed by atoms with Gasteiger partial charge in [-0.25, -0.2) is 0 Å². The van der Waals surface area contributed by atoms with E-state index in [0.717, 1.165) is 0 Å². The van der Waals surface area contributed by atoms with E-state index in [1.54, 1.807) is 0 Å². The van der Waals surface area contributed by atoms with Crippen LogP contribution in [0.5, 0.6) is 0 Å². The van der Waals surface area contributed by atoms with Gasteiger partial charge in [-0.05, 0) is 18.4 Å². The fraction of sp³-hybridized carbons (Fsp3) is 1.00. The van der Waals surface area contributed by atoms with E-state index in [-0.39, 0.29) is 0 Å². The van der Waals surface area contributed by atoms with Crippen molar-refractivity contribution in [3.05, 3.63) is 0 Å². The van der Waals surface area contributed by atoms with Crippen molar-refractivity contribution in [2.75, 3.05) is 12.0 Å². The molecule has 0 spiro atoms. The Morgan fingerprint density at radius 2 is 2.17 bits per heavy atom. The average Bonchev–Trinajstić information content (AvgIpc) is 1.61. The van der Waals surface area contributed by atoms with Crippen LogP contribution in [0.25, 0.3) is 0 Å². The summed E-state index contributed by atoms with van der Waals surface area (Å²) in [6.45, 7) is 2.22. The van der Waals surface area contributed by atoms with Gasteiger partial charge in [-0.15, -0.1) is 0 Å². The summed E-state index contributed by atoms with van der Waals surface area (Å²) in [5.41, 5.74) is 0. The molecule has 6 heavy (non-hydrogen) atoms. The summed E-state index contributed by atoms with van der Waals surface area (Å²) in [4.78, 5) is 0. The highest BCUT2D eigenvalue weighted by molar-refractivity contribution is 7.98. The van der Waals surface area contributed by atoms with Crippen molar-refractivity contribution in [2.24, 2.45) is 0 Å². The molecule has 0 aromatic carbocycles. The van der Waals surface area contributed by atoms with Crippen LogP contribution in [0.15, 0.2) is 0 Å². The number of hydrogen-bond donors (Lipinski definition) is 0. The van der Waals surface area contributed by atoms with Gasteiger partial charge < -0.3 is 0 Å². The van der Waals surface area contributed by atoms with Gasteiger partial charge in [0.25, 0.3) is 0 Å². The first-order chi connectivity index (χ1) is 2.91. The monoisotopic (exact) mass is 104 g/mol. The minimum atomic E-state index is 1.33. The molecule has 0 aliphatic carbocycles. The second kappa shape index (κ2) is 5.35. The molecule has 1 heteroatoms. The summed E-state index contributed by atoms with van der Waals surface area (Å²) in [5.74, 6) is 1.33. The molecule has 0 atom stereocenters. The number of rotatable bonds is 3. The van der Waals surface area contributed by atoms with Gasteiger partial charge >= 0.3 is 0 Å². The zero-order valence-electron chi connectivity index (χ0n) is 4.53. The lowest BCUT2D eigenvalue weighted by molar-refractivity contribution is 0.897. The van der Waals surface area contributed by atoms with E-state index in [1.165, 1.54) is 18.6 Å². The van der Waals surface area contributed by atoms with Crippen LogP contribution >= 0.6 is 11.8 Å². The highest BCUT2D eigenvalue weighted by atomic mass is 32.2. The molecule has 0 bridgehead atoms. The van der Waals surface area contributed by atoms with Crippen LogP contribution in [0.1, 0.15) is 19.8 Å². The van der Waals surface area contributed by atoms with Crippen LogP contribution in [-0.4, -0.2) is 12.0 Å². The predicted octanol–water partition coefficient (Wildman–Crippen LogP) is 2.15. The molecule has 0 radical (unpaired) electrons. The Morgan fingerprint density at radius 3 is 2.33 bits per heavy atom. The number of hydrogen-bond acceptors (Lipinski definition) is 1. The van der Waals surface area contributed by atoms with Crippen LogP contribution in [0, 0.1) is 0 Å². The molecule has 0 aliphatic rings. The van der Waals surface area contributed by atoms with E-state index >= 15 is 0 Å². The van der Waals surface area contributed by atoms with E-state index < -0.39 is 0 Å². The van der Waals surface area contributed by atoms with Crippen molar-refractivity contribution >= 4 is 11.8 Å². The summed E-state index contributed by atoms with van der Waals surface area (Å²) in [5, 5.41) is 0. The fourth-order valence-electron chi connectivity index (χ4n) is 0.289. The van der Waals surface area contributed by atoms with Gasteiger partial charge in [0.15, 0.2) is 0 Å². The van der Waals surface area contributed by atoms with E-state index in [2.05, 4.69) is 13.2 Å². The summed E-state index contributed by atoms with van der Waals surface area (Å²) in [7, 11) is 0. The lowest BCUT2D eigenvalue weighted by Gasteiger charge is -1.86. The van der Waals surface area contributed by atoms with Crippen LogP contribution in [0.4, 0.5) is 0 Å². The molecule has 0 fully saturated rings. The Hall–Kier alpha value is 0.350. The maximum absolute atomic E-state index is 2.22. The molecule has 0 saturated carbocycles. The van der Waals surface area contributed by atoms with E-state index in [4.69, 9.17) is 0 Å². The second-order valence-corrected chi connectivity index (χ2v) is 2.33. The third-order valence-corrected chi connectivity index (χ3v) is 1.40. The lowest BCUT2D eigenvalue weighted by Crippen LogP contribution is -1.71. The molecule has 0 aliphatic heterocycles. The summed E-state index contributed by atoms with van der Waals surface area (Å²) in [6, 6.07) is 0. The van der Waals surface area contributed by atoms with Crippen molar-refractivity contribution in [1.82, 2.24) is 0 Å². The number of thioether (sulfide) groups is 1. The van der Waals surface area contributed by atoms with E-state index in [9.17, 15) is 0 Å². The molecule has 0 nitrogen and oxygen atoms in total. The topological polar surface area (TPSA) is 0 Å². The van der Waals surface area contributed by atoms with Crippen molar-refractivity contribution in [3.8, 4) is 0 Å². The maximum Gasteiger partial charge on any atom is -0.00704 e. The Morgan fingerprint density at radius 1 is 1.50 bits per heavy atom. The average molecular weight is 104 g/mol. The minimum Gasteiger partial charge on any atom is -0.165 e. The molecule has 0 saturated heterocycles. The highest BCUT2D eigenvalue weighted by Gasteiger charge is 1.75. The lowest BCUT2D eigenvalue weighted by atomic mass is 10.4. The van der Waals surface area contributed by atoms with Gasteiger partial charge in [0.05, 0.1) is 0 Å². The smallest absolute Gasteiger partial charge is 0.00704 e. The quantitative estimate of drug-likeness (QED) is 0.494. The van der Waals surface area contributed by atoms with Crippen LogP contribution < -0.4 is 0 Å². The molecule has 0 rings (SSSR count). The molecule has 0 aromatic heterocycles. The first-order valence-corrected chi connectivity index (χ1v) is 3.80. The molecule has 0 unspecified atom stereocenters. The standard InChI is InChI=1S/C5H12S/c1-3-4-5-6-2/h3-5H2,1-2H3. The van der Waals surface area contributed by atoms with Gasteiger partial charge in [-0.2, -0.15) is 11.8 Å². The van der Waals surface area contributed by atoms with Gasteiger partial charge in [0, 0.05) is 0 Å². The van der Waals surface area contributed by atoms with Gasteiger partial charge in [-0.3, -0.25) is 0 Å². The summed E-state index contributed by atoms with van der Waals surface area (Å²) in [6.07, 6.45) is 4.86. The highest BCUT2D eigenvalue weighted by Crippen LogP contribution is 1.96. The Bertz CT molecular complexity index is 15.9. The van der Waals surface area contributed by atoms with Gasteiger partial charge in [0.1, 0.15) is 0 Å². The fourth-order valence-corrected chi connectivity index (χ4v) is 0.866. The number of unbranched alkanes of at least 4 members (excludes halogenated alkanes) is 1. The van der Waals surface area contributed by atoms with E-state index in [1.807, 2.05) is 11.8 Å². The molecule has 0 N–H and O–H groups in total. The predicted molar refractivity (Wildman–Crippen MR) is 33.3 cm³/mol. The minimum absolute atomic E-state index is 1.33. The second-order valence-electron chi connectivity index (χ2n) is 1.35. The molecular weight excluding hydrogens is 92.1 g/mol. The van der Waals surface area contributed by atoms with Crippen molar-refractivity contribution in [1.29, 1.82) is 0 Å². The van der Waals surface area contributed by atoms with Crippen molar-refractivity contribution in [3.63, 3.8) is 0 Å². The molecule has 38 valence electrons. The first-order valence-electron chi connectivity index (χ1n) is 2.40. The van der Waals surface area contributed by atoms with Crippen molar-refractivity contribution < 1.29 is 0 Å². The first kappa shape index (κ1) is 6.35. The molecule has 0 heterocycles. The maximum atomic E-state index is 2.22. The van der Waals surface area contributed by atoms with Crippen LogP contribution in [-0.2, 0) is 0 Å². The molecule has 0 amide bonds. The summed E-state index contributed by atoms with van der Waals surface area (Å²) >= 11 is 1.93. The third kappa shape index (κ3) is 4.35. The Kier molecular flexibility index (Phi) is 5.66. The zero-order chi connectivity index (χ0) is 4.83. The van der Waals surface area contributed by atoms with Gasteiger partial charge in [0.2, 0.25) is 0 Å². The Labute approximate surface area is 44.3 Å². The molecule has 0 aromatic rings. The van der Waals surface area contributed by atoms with Gasteiger partial charge in [-0.1, -0.05) is 13.3 Å². The Balaban J connectivity index is 2.34. The van der Waals surface area contributed by atoms with Crippen molar-refractivity contribution in [2.45, 2.75) is 19.8 Å². The van der Waals surface area contributed by atoms with Crippen LogP contribution in [0.2, 0.25) is 0 Å². The zero-order valence-corrected chi connectivity index (χ0v) is 5.35. The molecular formula is C5H12S. The largest absolute Gasteiger partial charge is 0.165 e. The normalized spacial score (nSPS) is 9.00. The SMILES string of the molecule is CCCCSC. The van der Waals surface area contributed by atoms with E-state index in [0.29, 0.717) is 0 Å².